The number of hydrogen-bond acceptors (Lipinski definition) is 3. The van der Waals surface area contributed by atoms with E-state index in [9.17, 15) is 13.2 Å². The van der Waals surface area contributed by atoms with Crippen molar-refractivity contribution in [3.63, 3.8) is 0 Å². The van der Waals surface area contributed by atoms with Crippen molar-refractivity contribution in [2.24, 2.45) is 5.92 Å². The summed E-state index contributed by atoms with van der Waals surface area (Å²) >= 11 is 6.26. The number of amides is 1. The normalized spacial score (nSPS) is 24.5. The maximum Gasteiger partial charge on any atom is 0.253 e. The first-order valence-electron chi connectivity index (χ1n) is 10.4. The minimum absolute atomic E-state index is 0.0487. The Balaban J connectivity index is 1.83. The molecule has 7 heteroatoms. The fourth-order valence-electron chi connectivity index (χ4n) is 4.25. The Hall–Kier alpha value is -1.11. The number of benzene rings is 1. The average Bonchev–Trinajstić information content (AvgIpc) is 2.98. The van der Waals surface area contributed by atoms with Crippen LogP contribution in [-0.4, -0.2) is 49.7 Å². The second-order valence-corrected chi connectivity index (χ2v) is 10.6. The van der Waals surface area contributed by atoms with Crippen molar-refractivity contribution in [1.29, 1.82) is 0 Å². The molecule has 1 amide bonds. The van der Waals surface area contributed by atoms with Crippen LogP contribution in [0.25, 0.3) is 0 Å². The van der Waals surface area contributed by atoms with Crippen molar-refractivity contribution in [3.8, 4) is 0 Å². The molecule has 5 nitrogen and oxygen atoms in total. The van der Waals surface area contributed by atoms with Crippen LogP contribution in [0.3, 0.4) is 0 Å². The van der Waals surface area contributed by atoms with Crippen molar-refractivity contribution < 1.29 is 13.2 Å². The van der Waals surface area contributed by atoms with Crippen molar-refractivity contribution in [3.05, 3.63) is 28.8 Å². The van der Waals surface area contributed by atoms with E-state index < -0.39 is 10.0 Å². The first kappa shape index (κ1) is 21.6. The van der Waals surface area contributed by atoms with E-state index in [1.807, 2.05) is 7.05 Å². The maximum atomic E-state index is 13.2. The van der Waals surface area contributed by atoms with Gasteiger partial charge in [0.1, 0.15) is 4.90 Å². The van der Waals surface area contributed by atoms with Gasteiger partial charge in [-0.3, -0.25) is 4.79 Å². The van der Waals surface area contributed by atoms with Gasteiger partial charge in [-0.2, -0.15) is 4.31 Å². The Morgan fingerprint density at radius 2 is 1.68 bits per heavy atom. The molecule has 0 N–H and O–H groups in total. The molecule has 1 aromatic carbocycles. The molecule has 3 rings (SSSR count). The SMILES string of the molecule is CC1CCC(N(C)C(=O)c2ccc(Cl)c(S(=O)(=O)N3CCCCCC3)c2)CC1. The topological polar surface area (TPSA) is 57.7 Å². The van der Waals surface area contributed by atoms with Crippen LogP contribution in [0, 0.1) is 5.92 Å². The average molecular weight is 427 g/mol. The molecule has 1 heterocycles. The van der Waals surface area contributed by atoms with Crippen LogP contribution in [0.5, 0.6) is 0 Å². The highest BCUT2D eigenvalue weighted by molar-refractivity contribution is 7.89. The second kappa shape index (κ2) is 9.14. The van der Waals surface area contributed by atoms with E-state index in [2.05, 4.69) is 6.92 Å². The lowest BCUT2D eigenvalue weighted by molar-refractivity contribution is 0.0679. The highest BCUT2D eigenvalue weighted by Crippen LogP contribution is 2.30. The zero-order valence-electron chi connectivity index (χ0n) is 16.9. The third-order valence-corrected chi connectivity index (χ3v) is 8.59. The van der Waals surface area contributed by atoms with E-state index in [0.29, 0.717) is 24.6 Å². The molecule has 28 heavy (non-hydrogen) atoms. The van der Waals surface area contributed by atoms with Crippen molar-refractivity contribution in [2.45, 2.75) is 69.2 Å². The van der Waals surface area contributed by atoms with Gasteiger partial charge in [0.05, 0.1) is 5.02 Å². The highest BCUT2D eigenvalue weighted by atomic mass is 35.5. The van der Waals surface area contributed by atoms with Gasteiger partial charge in [0.15, 0.2) is 0 Å². The molecule has 0 atom stereocenters. The molecule has 0 unspecified atom stereocenters. The summed E-state index contributed by atoms with van der Waals surface area (Å²) in [5.41, 5.74) is 0.388. The Bertz CT molecular complexity index is 796. The standard InChI is InChI=1S/C21H31ClN2O3S/c1-16-7-10-18(11-8-16)23(2)21(25)17-9-12-19(22)20(15-17)28(26,27)24-13-5-3-4-6-14-24/h9,12,15-16,18H,3-8,10-11,13-14H2,1-2H3. The summed E-state index contributed by atoms with van der Waals surface area (Å²) in [4.78, 5) is 14.8. The summed E-state index contributed by atoms with van der Waals surface area (Å²) in [5, 5.41) is 0.176. The van der Waals surface area contributed by atoms with Gasteiger partial charge in [0.2, 0.25) is 10.0 Å². The maximum absolute atomic E-state index is 13.2. The fourth-order valence-corrected chi connectivity index (χ4v) is 6.27. The first-order chi connectivity index (χ1) is 13.3. The van der Waals surface area contributed by atoms with E-state index in [1.54, 1.807) is 11.0 Å². The van der Waals surface area contributed by atoms with E-state index >= 15 is 0 Å². The van der Waals surface area contributed by atoms with Crippen LogP contribution in [0.2, 0.25) is 5.02 Å². The summed E-state index contributed by atoms with van der Waals surface area (Å²) in [5.74, 6) is 0.573. The molecule has 2 aliphatic rings. The van der Waals surface area contributed by atoms with E-state index in [0.717, 1.165) is 51.4 Å². The minimum Gasteiger partial charge on any atom is -0.339 e. The number of sulfonamides is 1. The zero-order valence-corrected chi connectivity index (χ0v) is 18.4. The summed E-state index contributed by atoms with van der Waals surface area (Å²) in [6.45, 7) is 3.27. The van der Waals surface area contributed by atoms with Gasteiger partial charge in [0, 0.05) is 31.7 Å². The van der Waals surface area contributed by atoms with Crippen molar-refractivity contribution in [2.75, 3.05) is 20.1 Å². The molecular weight excluding hydrogens is 396 g/mol. The predicted molar refractivity (Wildman–Crippen MR) is 112 cm³/mol. The quantitative estimate of drug-likeness (QED) is 0.709. The summed E-state index contributed by atoms with van der Waals surface area (Å²) in [6.07, 6.45) is 8.05. The number of rotatable bonds is 4. The van der Waals surface area contributed by atoms with Gasteiger partial charge >= 0.3 is 0 Å². The molecule has 0 radical (unpaired) electrons. The van der Waals surface area contributed by atoms with Crippen LogP contribution in [0.1, 0.15) is 68.6 Å². The van der Waals surface area contributed by atoms with Gasteiger partial charge in [-0.15, -0.1) is 0 Å². The summed E-state index contributed by atoms with van der Waals surface area (Å²) in [6, 6.07) is 4.85. The third-order valence-electron chi connectivity index (χ3n) is 6.21. The number of halogens is 1. The lowest BCUT2D eigenvalue weighted by Gasteiger charge is -2.33. The Morgan fingerprint density at radius 3 is 2.29 bits per heavy atom. The second-order valence-electron chi connectivity index (χ2n) is 8.29. The predicted octanol–water partition coefficient (Wildman–Crippen LogP) is 4.56. The van der Waals surface area contributed by atoms with Crippen LogP contribution in [-0.2, 0) is 10.0 Å². The summed E-state index contributed by atoms with van der Waals surface area (Å²) < 4.78 is 27.8. The number of carbonyl (C=O) groups is 1. The van der Waals surface area contributed by atoms with Crippen molar-refractivity contribution >= 4 is 27.5 Å². The zero-order chi connectivity index (χ0) is 20.3. The van der Waals surface area contributed by atoms with Gasteiger partial charge in [0.25, 0.3) is 5.91 Å². The molecular formula is C21H31ClN2O3S. The molecule has 1 saturated heterocycles. The lowest BCUT2D eigenvalue weighted by Crippen LogP contribution is -2.39. The summed E-state index contributed by atoms with van der Waals surface area (Å²) in [7, 11) is -1.88. The molecule has 1 aromatic rings. The van der Waals surface area contributed by atoms with Crippen LogP contribution in [0.15, 0.2) is 23.1 Å². The number of hydrogen-bond donors (Lipinski definition) is 0. The van der Waals surface area contributed by atoms with Gasteiger partial charge in [-0.25, -0.2) is 8.42 Å². The Morgan fingerprint density at radius 1 is 1.07 bits per heavy atom. The fraction of sp³-hybridized carbons (Fsp3) is 0.667. The Labute approximate surface area is 174 Å². The molecule has 1 aliphatic carbocycles. The largest absolute Gasteiger partial charge is 0.339 e. The van der Waals surface area contributed by atoms with Crippen LogP contribution < -0.4 is 0 Å². The van der Waals surface area contributed by atoms with Crippen LogP contribution in [0.4, 0.5) is 0 Å². The smallest absolute Gasteiger partial charge is 0.253 e. The van der Waals surface area contributed by atoms with Crippen LogP contribution >= 0.6 is 11.6 Å². The number of nitrogens with zero attached hydrogens (tertiary/aromatic N) is 2. The third kappa shape index (κ3) is 4.71. The molecule has 1 saturated carbocycles. The van der Waals surface area contributed by atoms with Gasteiger partial charge < -0.3 is 4.90 Å². The van der Waals surface area contributed by atoms with Crippen molar-refractivity contribution in [1.82, 2.24) is 9.21 Å². The van der Waals surface area contributed by atoms with E-state index in [1.165, 1.54) is 16.4 Å². The minimum atomic E-state index is -3.70. The van der Waals surface area contributed by atoms with E-state index in [-0.39, 0.29) is 21.9 Å². The lowest BCUT2D eigenvalue weighted by atomic mass is 9.86. The molecule has 156 valence electrons. The molecule has 1 aliphatic heterocycles. The monoisotopic (exact) mass is 426 g/mol. The first-order valence-corrected chi connectivity index (χ1v) is 12.2. The van der Waals surface area contributed by atoms with Gasteiger partial charge in [-0.05, 0) is 62.6 Å². The molecule has 0 bridgehead atoms. The van der Waals surface area contributed by atoms with Gasteiger partial charge in [-0.1, -0.05) is 31.4 Å². The Kier molecular flexibility index (Phi) is 7.05. The molecule has 0 spiro atoms. The highest BCUT2D eigenvalue weighted by Gasteiger charge is 2.30. The molecule has 0 aromatic heterocycles. The molecule has 2 fully saturated rings. The number of carbonyl (C=O) groups excluding carboxylic acids is 1. The van der Waals surface area contributed by atoms with E-state index in [4.69, 9.17) is 11.6 Å².